The second-order valence-electron chi connectivity index (χ2n) is 4.17. The number of aromatic nitrogens is 4. The van der Waals surface area contributed by atoms with Gasteiger partial charge < -0.3 is 0 Å². The summed E-state index contributed by atoms with van der Waals surface area (Å²) in [6.07, 6.45) is 3.34. The topological polar surface area (TPSA) is 63.0 Å². The summed E-state index contributed by atoms with van der Waals surface area (Å²) in [5, 5.41) is 9.84. The van der Waals surface area contributed by atoms with Crippen molar-refractivity contribution >= 4 is 27.1 Å². The quantitative estimate of drug-likeness (QED) is 0.576. The van der Waals surface area contributed by atoms with Crippen molar-refractivity contribution in [2.45, 2.75) is 0 Å². The van der Waals surface area contributed by atoms with Gasteiger partial charge >= 0.3 is 5.56 Å². The smallest absolute Gasteiger partial charge is 0.278 e. The van der Waals surface area contributed by atoms with Crippen LogP contribution in [0.15, 0.2) is 46.8 Å². The van der Waals surface area contributed by atoms with Crippen molar-refractivity contribution in [3.05, 3.63) is 52.4 Å². The second kappa shape index (κ2) is 3.76. The fourth-order valence-electron chi connectivity index (χ4n) is 2.16. The third-order valence-electron chi connectivity index (χ3n) is 3.05. The monoisotopic (exact) mass is 268 g/mol. The third-order valence-corrected chi connectivity index (χ3v) is 3.94. The summed E-state index contributed by atoms with van der Waals surface area (Å²) in [6, 6.07) is 8.19. The zero-order valence-corrected chi connectivity index (χ0v) is 10.5. The predicted molar refractivity (Wildman–Crippen MR) is 74.4 cm³/mol. The minimum absolute atomic E-state index is 0.287. The van der Waals surface area contributed by atoms with Crippen LogP contribution < -0.4 is 5.56 Å². The van der Waals surface area contributed by atoms with Crippen molar-refractivity contribution in [2.75, 3.05) is 0 Å². The van der Waals surface area contributed by atoms with Crippen LogP contribution in [0.1, 0.15) is 0 Å². The Labute approximate surface area is 111 Å². The van der Waals surface area contributed by atoms with Crippen molar-refractivity contribution in [1.82, 2.24) is 19.6 Å². The summed E-state index contributed by atoms with van der Waals surface area (Å²) in [4.78, 5) is 15.6. The Morgan fingerprint density at radius 2 is 2.21 bits per heavy atom. The van der Waals surface area contributed by atoms with Crippen LogP contribution >= 0.6 is 11.3 Å². The Hall–Kier alpha value is -2.47. The average Bonchev–Trinajstić information content (AvgIpc) is 3.07. The van der Waals surface area contributed by atoms with Crippen LogP contribution in [0.5, 0.6) is 0 Å². The van der Waals surface area contributed by atoms with Crippen LogP contribution in [0.25, 0.3) is 27.1 Å². The minimum Gasteiger partial charge on any atom is -0.278 e. The van der Waals surface area contributed by atoms with E-state index in [1.54, 1.807) is 28.1 Å². The molecule has 0 atom stereocenters. The van der Waals surface area contributed by atoms with E-state index in [2.05, 4.69) is 38.8 Å². The SMILES string of the molecule is O=c1[nH]nc(-c2ccc3sccc3c2)n2ccnc12. The van der Waals surface area contributed by atoms with E-state index in [1.165, 1.54) is 10.1 Å². The third kappa shape index (κ3) is 1.50. The van der Waals surface area contributed by atoms with Gasteiger partial charge in [0.2, 0.25) is 5.65 Å². The van der Waals surface area contributed by atoms with E-state index in [9.17, 15) is 4.79 Å². The molecule has 4 aromatic rings. The lowest BCUT2D eigenvalue weighted by Gasteiger charge is -2.03. The molecule has 0 spiro atoms. The molecule has 1 N–H and O–H groups in total. The van der Waals surface area contributed by atoms with E-state index in [4.69, 9.17) is 0 Å². The Balaban J connectivity index is 2.05. The first kappa shape index (κ1) is 10.5. The number of aromatic amines is 1. The summed E-state index contributed by atoms with van der Waals surface area (Å²) in [5.41, 5.74) is 1.02. The standard InChI is InChI=1S/C13H8N4OS/c18-13-12-14-4-5-17(12)11(15-16-13)9-1-2-10-8(7-9)3-6-19-10/h1-7H,(H,16,18). The molecule has 0 radical (unpaired) electrons. The Morgan fingerprint density at radius 1 is 1.26 bits per heavy atom. The highest BCUT2D eigenvalue weighted by Gasteiger charge is 2.09. The average molecular weight is 268 g/mol. The van der Waals surface area contributed by atoms with Crippen molar-refractivity contribution in [1.29, 1.82) is 0 Å². The number of nitrogens with zero attached hydrogens (tertiary/aromatic N) is 3. The maximum absolute atomic E-state index is 11.6. The lowest BCUT2D eigenvalue weighted by Crippen LogP contribution is -2.14. The normalized spacial score (nSPS) is 11.4. The summed E-state index contributed by atoms with van der Waals surface area (Å²) in [7, 11) is 0. The molecule has 0 unspecified atom stereocenters. The van der Waals surface area contributed by atoms with Crippen molar-refractivity contribution in [3.8, 4) is 11.4 Å². The zero-order valence-electron chi connectivity index (χ0n) is 9.70. The number of fused-ring (bicyclic) bond motifs is 2. The van der Waals surface area contributed by atoms with Gasteiger partial charge in [0, 0.05) is 22.7 Å². The summed E-state index contributed by atoms with van der Waals surface area (Å²) >= 11 is 1.70. The summed E-state index contributed by atoms with van der Waals surface area (Å²) < 4.78 is 2.93. The fraction of sp³-hybridized carbons (Fsp3) is 0. The highest BCUT2D eigenvalue weighted by molar-refractivity contribution is 7.17. The lowest BCUT2D eigenvalue weighted by atomic mass is 10.1. The van der Waals surface area contributed by atoms with Crippen LogP contribution in [0, 0.1) is 0 Å². The van der Waals surface area contributed by atoms with Gasteiger partial charge in [-0.3, -0.25) is 9.20 Å². The number of hydrogen-bond donors (Lipinski definition) is 1. The van der Waals surface area contributed by atoms with Gasteiger partial charge in [-0.1, -0.05) is 0 Å². The second-order valence-corrected chi connectivity index (χ2v) is 5.12. The molecule has 6 heteroatoms. The van der Waals surface area contributed by atoms with E-state index < -0.39 is 0 Å². The van der Waals surface area contributed by atoms with E-state index in [0.717, 1.165) is 5.56 Å². The minimum atomic E-state index is -0.287. The zero-order chi connectivity index (χ0) is 12.8. The molecule has 0 bridgehead atoms. The maximum atomic E-state index is 11.6. The molecule has 0 aliphatic rings. The van der Waals surface area contributed by atoms with E-state index in [1.807, 2.05) is 6.07 Å². The van der Waals surface area contributed by atoms with Gasteiger partial charge in [0.1, 0.15) is 0 Å². The van der Waals surface area contributed by atoms with Gasteiger partial charge in [0.15, 0.2) is 5.82 Å². The molecule has 0 aliphatic carbocycles. The summed E-state index contributed by atoms with van der Waals surface area (Å²) in [5.74, 6) is 0.681. The molecular formula is C13H8N4OS. The van der Waals surface area contributed by atoms with Gasteiger partial charge in [-0.25, -0.2) is 10.1 Å². The van der Waals surface area contributed by atoms with Gasteiger partial charge in [-0.05, 0) is 35.0 Å². The van der Waals surface area contributed by atoms with Crippen LogP contribution in [-0.4, -0.2) is 19.6 Å². The van der Waals surface area contributed by atoms with Gasteiger partial charge in [-0.2, -0.15) is 5.10 Å². The van der Waals surface area contributed by atoms with E-state index in [0.29, 0.717) is 11.5 Å². The summed E-state index contributed by atoms with van der Waals surface area (Å²) in [6.45, 7) is 0. The molecule has 92 valence electrons. The van der Waals surface area contributed by atoms with Crippen LogP contribution in [-0.2, 0) is 0 Å². The number of H-pyrrole nitrogens is 1. The molecule has 0 amide bonds. The molecule has 19 heavy (non-hydrogen) atoms. The number of hydrogen-bond acceptors (Lipinski definition) is 4. The fourth-order valence-corrected chi connectivity index (χ4v) is 2.93. The molecular weight excluding hydrogens is 260 g/mol. The molecule has 0 saturated heterocycles. The van der Waals surface area contributed by atoms with Gasteiger partial charge in [0.05, 0.1) is 0 Å². The highest BCUT2D eigenvalue weighted by Crippen LogP contribution is 2.26. The van der Waals surface area contributed by atoms with Crippen LogP contribution in [0.4, 0.5) is 0 Å². The number of rotatable bonds is 1. The number of benzene rings is 1. The number of imidazole rings is 1. The Bertz CT molecular complexity index is 950. The highest BCUT2D eigenvalue weighted by atomic mass is 32.1. The predicted octanol–water partition coefficient (Wildman–Crippen LogP) is 2.30. The molecule has 3 aromatic heterocycles. The first-order valence-electron chi connectivity index (χ1n) is 5.72. The van der Waals surface area contributed by atoms with E-state index in [-0.39, 0.29) is 5.56 Å². The molecule has 1 aromatic carbocycles. The van der Waals surface area contributed by atoms with Gasteiger partial charge in [-0.15, -0.1) is 11.3 Å². The Morgan fingerprint density at radius 3 is 3.16 bits per heavy atom. The maximum Gasteiger partial charge on any atom is 0.307 e. The van der Waals surface area contributed by atoms with Crippen LogP contribution in [0.2, 0.25) is 0 Å². The first-order valence-corrected chi connectivity index (χ1v) is 6.60. The van der Waals surface area contributed by atoms with Crippen LogP contribution in [0.3, 0.4) is 0 Å². The number of thiophene rings is 1. The lowest BCUT2D eigenvalue weighted by molar-refractivity contribution is 0.926. The van der Waals surface area contributed by atoms with Crippen molar-refractivity contribution in [2.24, 2.45) is 0 Å². The molecule has 0 aliphatic heterocycles. The Kier molecular flexibility index (Phi) is 2.07. The largest absolute Gasteiger partial charge is 0.307 e. The van der Waals surface area contributed by atoms with Crippen molar-refractivity contribution in [3.63, 3.8) is 0 Å². The molecule has 5 nitrogen and oxygen atoms in total. The molecule has 3 heterocycles. The number of nitrogens with one attached hydrogen (secondary N) is 1. The van der Waals surface area contributed by atoms with E-state index >= 15 is 0 Å². The van der Waals surface area contributed by atoms with Gasteiger partial charge in [0.25, 0.3) is 0 Å². The molecule has 0 fully saturated rings. The first-order chi connectivity index (χ1) is 9.33. The van der Waals surface area contributed by atoms with Crippen molar-refractivity contribution < 1.29 is 0 Å². The molecule has 0 saturated carbocycles. The molecule has 4 rings (SSSR count).